The summed E-state index contributed by atoms with van der Waals surface area (Å²) < 4.78 is 40.8. The second kappa shape index (κ2) is 5.74. The van der Waals surface area contributed by atoms with Crippen LogP contribution in [0.2, 0.25) is 0 Å². The number of carboxylic acids is 1. The Kier molecular flexibility index (Phi) is 4.35. The van der Waals surface area contributed by atoms with E-state index >= 15 is 0 Å². The predicted octanol–water partition coefficient (Wildman–Crippen LogP) is 3.46. The smallest absolute Gasteiger partial charge is 0.338 e. The molecule has 0 saturated carbocycles. The standard InChI is InChI=1S/C12H9BrFNO4S2/c1-6-4-10(20-11(6)13)21(18,19)15-7-2-3-8(12(16)17)9(14)5-7/h2-5,15H,1H3,(H,16,17). The average Bonchev–Trinajstić information content (AvgIpc) is 2.69. The first-order valence-electron chi connectivity index (χ1n) is 5.52. The number of carboxylic acid groups (broad SMARTS) is 1. The molecule has 0 aliphatic rings. The minimum Gasteiger partial charge on any atom is -0.478 e. The van der Waals surface area contributed by atoms with Crippen molar-refractivity contribution in [1.29, 1.82) is 0 Å². The van der Waals surface area contributed by atoms with Crippen molar-refractivity contribution in [2.45, 2.75) is 11.1 Å². The number of rotatable bonds is 4. The van der Waals surface area contributed by atoms with Crippen LogP contribution in [0, 0.1) is 12.7 Å². The van der Waals surface area contributed by atoms with Gasteiger partial charge < -0.3 is 5.11 Å². The van der Waals surface area contributed by atoms with Crippen LogP contribution in [0.25, 0.3) is 0 Å². The van der Waals surface area contributed by atoms with Crippen LogP contribution in [-0.2, 0) is 10.0 Å². The van der Waals surface area contributed by atoms with E-state index in [1.165, 1.54) is 12.1 Å². The van der Waals surface area contributed by atoms with Crippen molar-refractivity contribution in [2.24, 2.45) is 0 Å². The molecule has 9 heteroatoms. The van der Waals surface area contributed by atoms with Gasteiger partial charge in [0.15, 0.2) is 0 Å². The van der Waals surface area contributed by atoms with Crippen molar-refractivity contribution in [2.75, 3.05) is 4.72 Å². The van der Waals surface area contributed by atoms with Crippen molar-refractivity contribution in [3.8, 4) is 0 Å². The summed E-state index contributed by atoms with van der Waals surface area (Å²) in [5.41, 5.74) is 0.208. The lowest BCUT2D eigenvalue weighted by atomic mass is 10.2. The Bertz CT molecular complexity index is 797. The van der Waals surface area contributed by atoms with Gasteiger partial charge in [-0.25, -0.2) is 17.6 Å². The molecule has 0 atom stereocenters. The van der Waals surface area contributed by atoms with Gasteiger partial charge in [-0.15, -0.1) is 11.3 Å². The molecule has 0 bridgehead atoms. The SMILES string of the molecule is Cc1cc(S(=O)(=O)Nc2ccc(C(=O)O)c(F)c2)sc1Br. The minimum atomic E-state index is -3.84. The molecule has 21 heavy (non-hydrogen) atoms. The molecule has 2 N–H and O–H groups in total. The Balaban J connectivity index is 2.33. The Hall–Kier alpha value is -1.45. The molecule has 112 valence electrons. The number of halogens is 2. The number of sulfonamides is 1. The molecule has 1 aromatic carbocycles. The molecular weight excluding hydrogens is 385 g/mol. The molecule has 5 nitrogen and oxygen atoms in total. The molecule has 2 aromatic rings. The van der Waals surface area contributed by atoms with E-state index in [1.807, 2.05) is 0 Å². The van der Waals surface area contributed by atoms with E-state index in [4.69, 9.17) is 5.11 Å². The van der Waals surface area contributed by atoms with Crippen LogP contribution < -0.4 is 4.72 Å². The number of hydrogen-bond acceptors (Lipinski definition) is 4. The highest BCUT2D eigenvalue weighted by atomic mass is 79.9. The van der Waals surface area contributed by atoms with Crippen molar-refractivity contribution >= 4 is 48.9 Å². The van der Waals surface area contributed by atoms with Gasteiger partial charge in [0, 0.05) is 0 Å². The molecule has 0 aliphatic carbocycles. The molecule has 2 rings (SSSR count). The van der Waals surface area contributed by atoms with E-state index in [-0.39, 0.29) is 9.90 Å². The third kappa shape index (κ3) is 3.42. The molecule has 0 amide bonds. The zero-order valence-corrected chi connectivity index (χ0v) is 13.8. The van der Waals surface area contributed by atoms with Gasteiger partial charge in [-0.2, -0.15) is 0 Å². The number of hydrogen-bond donors (Lipinski definition) is 2. The maximum Gasteiger partial charge on any atom is 0.338 e. The maximum atomic E-state index is 13.5. The first kappa shape index (κ1) is 15.9. The number of aryl methyl sites for hydroxylation is 1. The molecule has 1 heterocycles. The molecule has 0 radical (unpaired) electrons. The van der Waals surface area contributed by atoms with Gasteiger partial charge in [0.05, 0.1) is 15.0 Å². The van der Waals surface area contributed by atoms with Crippen LogP contribution in [0.5, 0.6) is 0 Å². The quantitative estimate of drug-likeness (QED) is 0.832. The van der Waals surface area contributed by atoms with Gasteiger partial charge in [-0.1, -0.05) is 0 Å². The van der Waals surface area contributed by atoms with E-state index in [0.717, 1.165) is 29.0 Å². The minimum absolute atomic E-state index is 0.0420. The van der Waals surface area contributed by atoms with E-state index < -0.39 is 27.4 Å². The molecule has 0 fully saturated rings. The maximum absolute atomic E-state index is 13.5. The molecular formula is C12H9BrFNO4S2. The van der Waals surface area contributed by atoms with Crippen LogP contribution in [-0.4, -0.2) is 19.5 Å². The van der Waals surface area contributed by atoms with E-state index in [9.17, 15) is 17.6 Å². The highest BCUT2D eigenvalue weighted by molar-refractivity contribution is 9.11. The summed E-state index contributed by atoms with van der Waals surface area (Å²) in [5, 5.41) is 8.72. The number of nitrogens with one attached hydrogen (secondary N) is 1. The molecule has 0 aliphatic heterocycles. The topological polar surface area (TPSA) is 83.5 Å². The molecule has 1 aromatic heterocycles. The van der Waals surface area contributed by atoms with Crippen LogP contribution in [0.3, 0.4) is 0 Å². The third-order valence-electron chi connectivity index (χ3n) is 2.55. The van der Waals surface area contributed by atoms with Crippen LogP contribution in [0.1, 0.15) is 15.9 Å². The monoisotopic (exact) mass is 393 g/mol. The summed E-state index contributed by atoms with van der Waals surface area (Å²) in [6, 6.07) is 4.51. The summed E-state index contributed by atoms with van der Waals surface area (Å²) in [6.07, 6.45) is 0. The molecule has 0 saturated heterocycles. The van der Waals surface area contributed by atoms with Crippen LogP contribution in [0.4, 0.5) is 10.1 Å². The van der Waals surface area contributed by atoms with Gasteiger partial charge in [-0.3, -0.25) is 4.72 Å². The van der Waals surface area contributed by atoms with Gasteiger partial charge in [0.25, 0.3) is 10.0 Å². The van der Waals surface area contributed by atoms with E-state index in [2.05, 4.69) is 20.7 Å². The van der Waals surface area contributed by atoms with Crippen molar-refractivity contribution in [3.63, 3.8) is 0 Å². The fourth-order valence-corrected chi connectivity index (χ4v) is 4.80. The Labute approximate surface area is 132 Å². The lowest BCUT2D eigenvalue weighted by Crippen LogP contribution is -2.12. The summed E-state index contributed by atoms with van der Waals surface area (Å²) >= 11 is 4.26. The van der Waals surface area contributed by atoms with E-state index in [1.54, 1.807) is 6.92 Å². The molecule has 0 spiro atoms. The van der Waals surface area contributed by atoms with Crippen molar-refractivity contribution in [3.05, 3.63) is 45.0 Å². The van der Waals surface area contributed by atoms with Crippen molar-refractivity contribution < 1.29 is 22.7 Å². The highest BCUT2D eigenvalue weighted by Gasteiger charge is 2.19. The van der Waals surface area contributed by atoms with Gasteiger partial charge in [0.1, 0.15) is 10.0 Å². The normalized spacial score (nSPS) is 11.4. The van der Waals surface area contributed by atoms with Gasteiger partial charge in [0.2, 0.25) is 0 Å². The lowest BCUT2D eigenvalue weighted by Gasteiger charge is -2.07. The number of aromatic carboxylic acids is 1. The zero-order valence-electron chi connectivity index (χ0n) is 10.6. The Morgan fingerprint density at radius 2 is 2.05 bits per heavy atom. The fourth-order valence-electron chi connectivity index (χ4n) is 1.52. The predicted molar refractivity (Wildman–Crippen MR) is 80.9 cm³/mol. The number of carbonyl (C=O) groups is 1. The Morgan fingerprint density at radius 3 is 2.52 bits per heavy atom. The second-order valence-corrected chi connectivity index (χ2v) is 8.41. The summed E-state index contributed by atoms with van der Waals surface area (Å²) in [7, 11) is -3.84. The van der Waals surface area contributed by atoms with E-state index in [0.29, 0.717) is 3.79 Å². The summed E-state index contributed by atoms with van der Waals surface area (Å²) in [5.74, 6) is -2.43. The fraction of sp³-hybridized carbons (Fsp3) is 0.0833. The first-order valence-corrected chi connectivity index (χ1v) is 8.61. The summed E-state index contributed by atoms with van der Waals surface area (Å²) in [4.78, 5) is 10.7. The number of benzene rings is 1. The van der Waals surface area contributed by atoms with Crippen LogP contribution in [0.15, 0.2) is 32.3 Å². The average molecular weight is 394 g/mol. The van der Waals surface area contributed by atoms with Crippen molar-refractivity contribution in [1.82, 2.24) is 0 Å². The third-order valence-corrected chi connectivity index (χ3v) is 6.54. The Morgan fingerprint density at radius 1 is 1.38 bits per heavy atom. The van der Waals surface area contributed by atoms with Gasteiger partial charge in [-0.05, 0) is 52.7 Å². The zero-order chi connectivity index (χ0) is 15.8. The lowest BCUT2D eigenvalue weighted by molar-refractivity contribution is 0.0692. The van der Waals surface area contributed by atoms with Crippen LogP contribution >= 0.6 is 27.3 Å². The molecule has 0 unspecified atom stereocenters. The largest absolute Gasteiger partial charge is 0.478 e. The van der Waals surface area contributed by atoms with Gasteiger partial charge >= 0.3 is 5.97 Å². The highest BCUT2D eigenvalue weighted by Crippen LogP contribution is 2.31. The second-order valence-electron chi connectivity index (χ2n) is 4.13. The number of anilines is 1. The first-order chi connectivity index (χ1) is 9.70. The number of thiophene rings is 1. The summed E-state index contributed by atoms with van der Waals surface area (Å²) in [6.45, 7) is 1.75.